The van der Waals surface area contributed by atoms with E-state index in [1.165, 1.54) is 0 Å². The topological polar surface area (TPSA) is 63.8 Å². The summed E-state index contributed by atoms with van der Waals surface area (Å²) in [4.78, 5) is 8.68. The second-order valence-electron chi connectivity index (χ2n) is 4.35. The fraction of sp³-hybridized carbons (Fsp3) is 0.286. The molecule has 0 saturated heterocycles. The quantitative estimate of drug-likeness (QED) is 0.909. The van der Waals surface area contributed by atoms with Crippen LogP contribution in [-0.4, -0.2) is 16.5 Å². The molecule has 0 aliphatic carbocycles. The highest BCUT2D eigenvalue weighted by Crippen LogP contribution is 2.29. The van der Waals surface area contributed by atoms with Gasteiger partial charge in [-0.1, -0.05) is 6.92 Å². The highest BCUT2D eigenvalue weighted by Gasteiger charge is 2.20. The molecular formula is C14H17BrN4. The minimum absolute atomic E-state index is 0.0621. The van der Waals surface area contributed by atoms with Gasteiger partial charge >= 0.3 is 0 Å². The number of halogens is 1. The molecule has 19 heavy (non-hydrogen) atoms. The number of nitrogens with zero attached hydrogens (tertiary/aromatic N) is 2. The number of nitrogen functional groups attached to an aromatic ring is 1. The molecule has 0 fully saturated rings. The van der Waals surface area contributed by atoms with Crippen molar-refractivity contribution in [2.24, 2.45) is 0 Å². The van der Waals surface area contributed by atoms with Crippen molar-refractivity contribution >= 4 is 21.7 Å². The number of nitrogens with two attached hydrogens (primary N) is 1. The summed E-state index contributed by atoms with van der Waals surface area (Å²) >= 11 is 3.54. The highest BCUT2D eigenvalue weighted by atomic mass is 79.9. The van der Waals surface area contributed by atoms with Crippen molar-refractivity contribution in [3.8, 4) is 0 Å². The van der Waals surface area contributed by atoms with E-state index in [2.05, 4.69) is 44.2 Å². The number of anilines is 1. The van der Waals surface area contributed by atoms with Gasteiger partial charge in [-0.15, -0.1) is 0 Å². The fourth-order valence-electron chi connectivity index (χ4n) is 2.00. The van der Waals surface area contributed by atoms with Crippen molar-refractivity contribution in [2.45, 2.75) is 19.9 Å². The summed E-state index contributed by atoms with van der Waals surface area (Å²) in [7, 11) is 0. The molecule has 0 aliphatic rings. The van der Waals surface area contributed by atoms with E-state index in [0.29, 0.717) is 5.82 Å². The van der Waals surface area contributed by atoms with Crippen LogP contribution in [0.25, 0.3) is 0 Å². The fourth-order valence-corrected chi connectivity index (χ4v) is 2.49. The van der Waals surface area contributed by atoms with Crippen molar-refractivity contribution in [2.75, 3.05) is 12.3 Å². The minimum atomic E-state index is -0.0621. The zero-order valence-electron chi connectivity index (χ0n) is 11.0. The van der Waals surface area contributed by atoms with Gasteiger partial charge in [0.15, 0.2) is 0 Å². The molecule has 0 radical (unpaired) electrons. The Morgan fingerprint density at radius 3 is 2.89 bits per heavy atom. The van der Waals surface area contributed by atoms with Gasteiger partial charge in [-0.25, -0.2) is 4.98 Å². The van der Waals surface area contributed by atoms with Crippen molar-refractivity contribution in [1.29, 1.82) is 0 Å². The predicted octanol–water partition coefficient (Wildman–Crippen LogP) is 2.83. The van der Waals surface area contributed by atoms with Crippen LogP contribution in [0.15, 0.2) is 35.1 Å². The molecule has 3 N–H and O–H groups in total. The van der Waals surface area contributed by atoms with Crippen LogP contribution in [0.5, 0.6) is 0 Å². The molecule has 0 saturated carbocycles. The van der Waals surface area contributed by atoms with Gasteiger partial charge in [-0.05, 0) is 53.2 Å². The Morgan fingerprint density at radius 1 is 1.42 bits per heavy atom. The van der Waals surface area contributed by atoms with Gasteiger partial charge in [-0.3, -0.25) is 4.98 Å². The van der Waals surface area contributed by atoms with E-state index in [1.54, 1.807) is 12.4 Å². The van der Waals surface area contributed by atoms with Gasteiger partial charge in [-0.2, -0.15) is 0 Å². The molecular weight excluding hydrogens is 304 g/mol. The van der Waals surface area contributed by atoms with E-state index in [1.807, 2.05) is 19.1 Å². The Kier molecular flexibility index (Phi) is 4.50. The molecule has 0 aromatic carbocycles. The summed E-state index contributed by atoms with van der Waals surface area (Å²) in [6, 6.07) is 5.87. The second kappa shape index (κ2) is 6.12. The molecule has 2 aromatic heterocycles. The van der Waals surface area contributed by atoms with Crippen molar-refractivity contribution in [3.05, 3.63) is 51.9 Å². The summed E-state index contributed by atoms with van der Waals surface area (Å²) < 4.78 is 0.960. The summed E-state index contributed by atoms with van der Waals surface area (Å²) in [5.74, 6) is 0.536. The van der Waals surface area contributed by atoms with Crippen LogP contribution >= 0.6 is 15.9 Å². The summed E-state index contributed by atoms with van der Waals surface area (Å²) in [5.41, 5.74) is 8.98. The number of nitrogens with one attached hydrogen (secondary N) is 1. The zero-order valence-corrected chi connectivity index (χ0v) is 12.6. The highest BCUT2D eigenvalue weighted by molar-refractivity contribution is 9.10. The average molecular weight is 321 g/mol. The van der Waals surface area contributed by atoms with Gasteiger partial charge < -0.3 is 11.1 Å². The first kappa shape index (κ1) is 14.0. The summed E-state index contributed by atoms with van der Waals surface area (Å²) in [6.07, 6.45) is 3.55. The normalized spacial score (nSPS) is 12.4. The molecule has 2 rings (SSSR count). The van der Waals surface area contributed by atoms with Gasteiger partial charge in [0, 0.05) is 22.4 Å². The third-order valence-electron chi connectivity index (χ3n) is 2.87. The van der Waals surface area contributed by atoms with E-state index in [9.17, 15) is 0 Å². The first-order chi connectivity index (χ1) is 9.13. The number of aromatic nitrogens is 2. The van der Waals surface area contributed by atoms with E-state index in [-0.39, 0.29) is 6.04 Å². The number of rotatable bonds is 4. The smallest absolute Gasteiger partial charge is 0.128 e. The lowest BCUT2D eigenvalue weighted by molar-refractivity contribution is 0.612. The third kappa shape index (κ3) is 3.11. The van der Waals surface area contributed by atoms with Crippen LogP contribution in [0.3, 0.4) is 0 Å². The first-order valence-corrected chi connectivity index (χ1v) is 6.98. The zero-order chi connectivity index (χ0) is 13.8. The van der Waals surface area contributed by atoms with Crippen LogP contribution in [0.1, 0.15) is 29.8 Å². The molecule has 100 valence electrons. The molecule has 5 heteroatoms. The Hall–Kier alpha value is -1.46. The Labute approximate surface area is 121 Å². The molecule has 0 aliphatic heterocycles. The monoisotopic (exact) mass is 320 g/mol. The van der Waals surface area contributed by atoms with E-state index >= 15 is 0 Å². The number of hydrogen-bond donors (Lipinski definition) is 2. The van der Waals surface area contributed by atoms with E-state index in [4.69, 9.17) is 5.73 Å². The van der Waals surface area contributed by atoms with Crippen LogP contribution in [0.2, 0.25) is 0 Å². The van der Waals surface area contributed by atoms with Gasteiger partial charge in [0.05, 0.1) is 11.7 Å². The number of hydrogen-bond acceptors (Lipinski definition) is 4. The minimum Gasteiger partial charge on any atom is -0.383 e. The Morgan fingerprint density at radius 2 is 2.21 bits per heavy atom. The van der Waals surface area contributed by atoms with E-state index in [0.717, 1.165) is 27.8 Å². The SMILES string of the molecule is CCNC(c1cc(C)cnc1N)c1ncccc1Br. The lowest BCUT2D eigenvalue weighted by Crippen LogP contribution is -2.24. The maximum atomic E-state index is 6.01. The van der Waals surface area contributed by atoms with Crippen molar-refractivity contribution < 1.29 is 0 Å². The Balaban J connectivity index is 2.51. The molecule has 2 aromatic rings. The number of aryl methyl sites for hydroxylation is 1. The first-order valence-electron chi connectivity index (χ1n) is 6.19. The average Bonchev–Trinajstić information content (AvgIpc) is 2.40. The maximum Gasteiger partial charge on any atom is 0.128 e. The standard InChI is InChI=1S/C14H17BrN4/c1-3-17-12(13-11(15)5-4-6-18-13)10-7-9(2)8-19-14(10)16/h4-8,12,17H,3H2,1-2H3,(H2,16,19). The van der Waals surface area contributed by atoms with Crippen LogP contribution < -0.4 is 11.1 Å². The van der Waals surface area contributed by atoms with E-state index < -0.39 is 0 Å². The molecule has 0 spiro atoms. The molecule has 0 bridgehead atoms. The summed E-state index contributed by atoms with van der Waals surface area (Å²) in [5, 5.41) is 3.41. The lowest BCUT2D eigenvalue weighted by atomic mass is 10.0. The molecule has 4 nitrogen and oxygen atoms in total. The van der Waals surface area contributed by atoms with Crippen molar-refractivity contribution in [1.82, 2.24) is 15.3 Å². The largest absolute Gasteiger partial charge is 0.383 e. The predicted molar refractivity (Wildman–Crippen MR) is 80.8 cm³/mol. The third-order valence-corrected chi connectivity index (χ3v) is 3.54. The van der Waals surface area contributed by atoms with Crippen LogP contribution in [0.4, 0.5) is 5.82 Å². The van der Waals surface area contributed by atoms with Crippen LogP contribution in [0, 0.1) is 6.92 Å². The van der Waals surface area contributed by atoms with Crippen LogP contribution in [-0.2, 0) is 0 Å². The Bertz CT molecular complexity index is 571. The molecule has 2 heterocycles. The molecule has 1 atom stereocenters. The molecule has 0 amide bonds. The van der Waals surface area contributed by atoms with Crippen molar-refractivity contribution in [3.63, 3.8) is 0 Å². The number of pyridine rings is 2. The lowest BCUT2D eigenvalue weighted by Gasteiger charge is -2.20. The summed E-state index contributed by atoms with van der Waals surface area (Å²) in [6.45, 7) is 4.89. The molecule has 1 unspecified atom stereocenters. The van der Waals surface area contributed by atoms with Gasteiger partial charge in [0.1, 0.15) is 5.82 Å². The maximum absolute atomic E-state index is 6.01. The van der Waals surface area contributed by atoms with Gasteiger partial charge in [0.25, 0.3) is 0 Å². The van der Waals surface area contributed by atoms with Gasteiger partial charge in [0.2, 0.25) is 0 Å². The second-order valence-corrected chi connectivity index (χ2v) is 5.20.